The Balaban J connectivity index is 2.89. The highest BCUT2D eigenvalue weighted by Crippen LogP contribution is 2.21. The number of benzene rings is 1. The molecule has 2 N–H and O–H groups in total. The minimum Gasteiger partial charge on any atom is -0.320 e. The van der Waals surface area contributed by atoms with Crippen LogP contribution in [0.25, 0.3) is 0 Å². The molecule has 1 aromatic carbocycles. The van der Waals surface area contributed by atoms with Gasteiger partial charge in [-0.05, 0) is 37.1 Å². The minimum atomic E-state index is -2.67. The van der Waals surface area contributed by atoms with Gasteiger partial charge in [0.25, 0.3) is 6.43 Å². The van der Waals surface area contributed by atoms with Crippen LogP contribution in [0.4, 0.5) is 13.2 Å². The standard InChI is InChI=1S/C10H11ClF3N/c1-10(15,9(13)14)5-6-2-7(11)4-8(12)3-6/h2-4,9H,5,15H2,1H3. The van der Waals surface area contributed by atoms with Crippen molar-refractivity contribution in [3.05, 3.63) is 34.6 Å². The summed E-state index contributed by atoms with van der Waals surface area (Å²) in [6.45, 7) is 1.22. The molecule has 1 aromatic rings. The van der Waals surface area contributed by atoms with E-state index in [1.165, 1.54) is 13.0 Å². The number of rotatable bonds is 3. The van der Waals surface area contributed by atoms with Crippen molar-refractivity contribution in [2.75, 3.05) is 0 Å². The van der Waals surface area contributed by atoms with Gasteiger partial charge in [-0.1, -0.05) is 11.6 Å². The van der Waals surface area contributed by atoms with E-state index < -0.39 is 17.8 Å². The molecule has 0 aliphatic rings. The van der Waals surface area contributed by atoms with Gasteiger partial charge in [0.15, 0.2) is 0 Å². The largest absolute Gasteiger partial charge is 0.320 e. The monoisotopic (exact) mass is 237 g/mol. The van der Waals surface area contributed by atoms with Crippen molar-refractivity contribution in [2.24, 2.45) is 5.73 Å². The molecule has 5 heteroatoms. The second-order valence-electron chi connectivity index (χ2n) is 3.76. The number of hydrogen-bond donors (Lipinski definition) is 1. The Labute approximate surface area is 91.0 Å². The molecule has 1 atom stereocenters. The zero-order valence-corrected chi connectivity index (χ0v) is 8.86. The Morgan fingerprint density at radius 2 is 2.00 bits per heavy atom. The summed E-state index contributed by atoms with van der Waals surface area (Å²) in [5.41, 5.74) is 4.07. The summed E-state index contributed by atoms with van der Waals surface area (Å²) in [5, 5.41) is 0.176. The maximum atomic E-state index is 12.9. The van der Waals surface area contributed by atoms with Crippen LogP contribution in [0.3, 0.4) is 0 Å². The molecular formula is C10H11ClF3N. The summed E-state index contributed by atoms with van der Waals surface area (Å²) in [6.07, 6.45) is -2.79. The molecule has 1 unspecified atom stereocenters. The molecule has 15 heavy (non-hydrogen) atoms. The molecular weight excluding hydrogens is 227 g/mol. The van der Waals surface area contributed by atoms with Crippen LogP contribution >= 0.6 is 11.6 Å². The Morgan fingerprint density at radius 1 is 1.40 bits per heavy atom. The van der Waals surface area contributed by atoms with E-state index in [4.69, 9.17) is 17.3 Å². The van der Waals surface area contributed by atoms with E-state index in [0.717, 1.165) is 12.1 Å². The molecule has 0 aromatic heterocycles. The van der Waals surface area contributed by atoms with Crippen LogP contribution in [0.1, 0.15) is 12.5 Å². The highest BCUT2D eigenvalue weighted by molar-refractivity contribution is 6.30. The van der Waals surface area contributed by atoms with Crippen molar-refractivity contribution < 1.29 is 13.2 Å². The molecule has 0 bridgehead atoms. The lowest BCUT2D eigenvalue weighted by molar-refractivity contribution is 0.0639. The predicted octanol–water partition coefficient (Wildman–Crippen LogP) is 3.00. The van der Waals surface area contributed by atoms with Gasteiger partial charge in [0.2, 0.25) is 0 Å². The van der Waals surface area contributed by atoms with Gasteiger partial charge >= 0.3 is 0 Å². The van der Waals surface area contributed by atoms with Gasteiger partial charge < -0.3 is 5.73 Å². The molecule has 0 fully saturated rings. The smallest absolute Gasteiger partial charge is 0.256 e. The van der Waals surface area contributed by atoms with Gasteiger partial charge in [-0.2, -0.15) is 0 Å². The minimum absolute atomic E-state index is 0.123. The summed E-state index contributed by atoms with van der Waals surface area (Å²) < 4.78 is 37.8. The first-order chi connectivity index (χ1) is 6.81. The summed E-state index contributed by atoms with van der Waals surface area (Å²) in [5.74, 6) is -0.553. The molecule has 0 heterocycles. The van der Waals surface area contributed by atoms with Crippen LogP contribution in [0.5, 0.6) is 0 Å². The average molecular weight is 238 g/mol. The van der Waals surface area contributed by atoms with Crippen molar-refractivity contribution in [2.45, 2.75) is 25.3 Å². The fourth-order valence-electron chi connectivity index (χ4n) is 1.23. The third kappa shape index (κ3) is 3.39. The molecule has 0 saturated carbocycles. The Hall–Kier alpha value is -0.740. The number of hydrogen-bond acceptors (Lipinski definition) is 1. The first kappa shape index (κ1) is 12.3. The lowest BCUT2D eigenvalue weighted by atomic mass is 9.94. The predicted molar refractivity (Wildman–Crippen MR) is 53.7 cm³/mol. The van der Waals surface area contributed by atoms with E-state index in [0.29, 0.717) is 5.56 Å². The fourth-order valence-corrected chi connectivity index (χ4v) is 1.47. The average Bonchev–Trinajstić information content (AvgIpc) is 1.99. The number of alkyl halides is 2. The summed E-state index contributed by atoms with van der Waals surface area (Å²) in [7, 11) is 0. The second kappa shape index (κ2) is 4.41. The quantitative estimate of drug-likeness (QED) is 0.859. The molecule has 84 valence electrons. The van der Waals surface area contributed by atoms with Crippen LogP contribution in [-0.2, 0) is 6.42 Å². The summed E-state index contributed by atoms with van der Waals surface area (Å²) in [6, 6.07) is 3.69. The van der Waals surface area contributed by atoms with Crippen LogP contribution in [0.2, 0.25) is 5.02 Å². The van der Waals surface area contributed by atoms with Crippen LogP contribution in [0.15, 0.2) is 18.2 Å². The molecule has 0 amide bonds. The molecule has 0 aliphatic heterocycles. The summed E-state index contributed by atoms with van der Waals surface area (Å²) in [4.78, 5) is 0. The fraction of sp³-hybridized carbons (Fsp3) is 0.400. The number of nitrogens with two attached hydrogens (primary N) is 1. The second-order valence-corrected chi connectivity index (χ2v) is 4.20. The molecule has 0 saturated heterocycles. The van der Waals surface area contributed by atoms with Crippen molar-refractivity contribution in [3.8, 4) is 0 Å². The molecule has 0 spiro atoms. The lowest BCUT2D eigenvalue weighted by Gasteiger charge is -2.23. The summed E-state index contributed by atoms with van der Waals surface area (Å²) >= 11 is 5.59. The highest BCUT2D eigenvalue weighted by atomic mass is 35.5. The maximum absolute atomic E-state index is 12.9. The third-order valence-electron chi connectivity index (χ3n) is 2.01. The molecule has 1 rings (SSSR count). The first-order valence-electron chi connectivity index (χ1n) is 4.33. The normalized spacial score (nSPS) is 15.4. The topological polar surface area (TPSA) is 26.0 Å². The van der Waals surface area contributed by atoms with Crippen LogP contribution < -0.4 is 5.73 Å². The third-order valence-corrected chi connectivity index (χ3v) is 2.22. The molecule has 0 aliphatic carbocycles. The highest BCUT2D eigenvalue weighted by Gasteiger charge is 2.30. The molecule has 0 radical (unpaired) electrons. The van der Waals surface area contributed by atoms with Crippen molar-refractivity contribution >= 4 is 11.6 Å². The van der Waals surface area contributed by atoms with E-state index in [2.05, 4.69) is 0 Å². The number of halogens is 4. The van der Waals surface area contributed by atoms with Crippen molar-refractivity contribution in [3.63, 3.8) is 0 Å². The van der Waals surface area contributed by atoms with E-state index >= 15 is 0 Å². The van der Waals surface area contributed by atoms with E-state index in [1.807, 2.05) is 0 Å². The van der Waals surface area contributed by atoms with E-state index in [1.54, 1.807) is 0 Å². The van der Waals surface area contributed by atoms with E-state index in [9.17, 15) is 13.2 Å². The zero-order valence-electron chi connectivity index (χ0n) is 8.11. The van der Waals surface area contributed by atoms with Gasteiger partial charge in [-0.15, -0.1) is 0 Å². The Morgan fingerprint density at radius 3 is 2.47 bits per heavy atom. The van der Waals surface area contributed by atoms with Crippen LogP contribution in [0, 0.1) is 5.82 Å². The maximum Gasteiger partial charge on any atom is 0.256 e. The Kier molecular flexibility index (Phi) is 3.62. The Bertz CT molecular complexity index is 332. The molecule has 1 nitrogen and oxygen atoms in total. The first-order valence-corrected chi connectivity index (χ1v) is 4.71. The van der Waals surface area contributed by atoms with Crippen molar-refractivity contribution in [1.29, 1.82) is 0 Å². The van der Waals surface area contributed by atoms with Crippen molar-refractivity contribution in [1.82, 2.24) is 0 Å². The van der Waals surface area contributed by atoms with Gasteiger partial charge in [-0.25, -0.2) is 13.2 Å². The lowest BCUT2D eigenvalue weighted by Crippen LogP contribution is -2.45. The van der Waals surface area contributed by atoms with Gasteiger partial charge in [0.05, 0.1) is 5.54 Å². The zero-order chi connectivity index (χ0) is 11.6. The SMILES string of the molecule is CC(N)(Cc1cc(F)cc(Cl)c1)C(F)F. The van der Waals surface area contributed by atoms with E-state index in [-0.39, 0.29) is 11.4 Å². The van der Waals surface area contributed by atoms with Gasteiger partial charge in [0.1, 0.15) is 5.82 Å². The van der Waals surface area contributed by atoms with Crippen LogP contribution in [-0.4, -0.2) is 12.0 Å². The van der Waals surface area contributed by atoms with Gasteiger partial charge in [-0.3, -0.25) is 0 Å². The van der Waals surface area contributed by atoms with Gasteiger partial charge in [0, 0.05) is 5.02 Å².